The second-order valence-corrected chi connectivity index (χ2v) is 10.2. The van der Waals surface area contributed by atoms with Crippen molar-refractivity contribution >= 4 is 22.8 Å². The van der Waals surface area contributed by atoms with Crippen LogP contribution >= 0.6 is 0 Å². The molecule has 5 heterocycles. The lowest BCUT2D eigenvalue weighted by Crippen LogP contribution is -2.46. The molecule has 1 N–H and O–H groups in total. The molecule has 3 aliphatic heterocycles. The summed E-state index contributed by atoms with van der Waals surface area (Å²) in [6.07, 6.45) is 9.68. The van der Waals surface area contributed by atoms with Crippen molar-refractivity contribution in [3.63, 3.8) is 0 Å². The molecule has 0 saturated carbocycles. The summed E-state index contributed by atoms with van der Waals surface area (Å²) in [7, 11) is 0. The number of pyridine rings is 1. The largest absolute Gasteiger partial charge is 0.357 e. The first-order valence-electron chi connectivity index (χ1n) is 13.3. The van der Waals surface area contributed by atoms with Gasteiger partial charge < -0.3 is 20.0 Å². The van der Waals surface area contributed by atoms with Gasteiger partial charge in [0, 0.05) is 45.3 Å². The second kappa shape index (κ2) is 11.0. The number of anilines is 1. The van der Waals surface area contributed by atoms with Gasteiger partial charge in [0.1, 0.15) is 11.3 Å². The number of amides is 1. The molecule has 3 saturated heterocycles. The van der Waals surface area contributed by atoms with Gasteiger partial charge in [-0.25, -0.2) is 15.0 Å². The maximum Gasteiger partial charge on any atom is 0.289 e. The standard InChI is InChI=1S/C26H39N7O/c1-20-24-22(8-9-23(30-24)33-14-4-2-3-5-15-33)29-25(27-20)26(34)28-21-10-16-32(17-11-21)19-18-31-12-6-7-13-31/h8-9,21H,2-7,10-19H2,1H3,(H,28,34). The third-order valence-corrected chi connectivity index (χ3v) is 7.69. The van der Waals surface area contributed by atoms with Crippen LogP contribution in [0, 0.1) is 6.92 Å². The molecule has 0 aromatic carbocycles. The zero-order chi connectivity index (χ0) is 23.3. The van der Waals surface area contributed by atoms with Crippen LogP contribution in [0.3, 0.4) is 0 Å². The Kier molecular flexibility index (Phi) is 7.54. The van der Waals surface area contributed by atoms with Gasteiger partial charge in [0.25, 0.3) is 5.91 Å². The zero-order valence-corrected chi connectivity index (χ0v) is 20.6. The third-order valence-electron chi connectivity index (χ3n) is 7.69. The van der Waals surface area contributed by atoms with Gasteiger partial charge >= 0.3 is 0 Å². The molecule has 0 aliphatic carbocycles. The number of piperidine rings is 1. The van der Waals surface area contributed by atoms with E-state index in [4.69, 9.17) is 4.98 Å². The molecule has 0 radical (unpaired) electrons. The van der Waals surface area contributed by atoms with Crippen LogP contribution in [0.15, 0.2) is 12.1 Å². The number of nitrogens with zero attached hydrogens (tertiary/aromatic N) is 6. The summed E-state index contributed by atoms with van der Waals surface area (Å²) < 4.78 is 0. The van der Waals surface area contributed by atoms with Crippen molar-refractivity contribution in [3.05, 3.63) is 23.7 Å². The first kappa shape index (κ1) is 23.4. The summed E-state index contributed by atoms with van der Waals surface area (Å²) in [6.45, 7) is 10.9. The number of aryl methyl sites for hydroxylation is 1. The smallest absolute Gasteiger partial charge is 0.289 e. The van der Waals surface area contributed by atoms with Gasteiger partial charge in [-0.2, -0.15) is 0 Å². The first-order chi connectivity index (χ1) is 16.7. The Morgan fingerprint density at radius 2 is 1.50 bits per heavy atom. The number of aromatic nitrogens is 3. The van der Waals surface area contributed by atoms with Gasteiger partial charge in [-0.15, -0.1) is 0 Å². The van der Waals surface area contributed by atoms with Crippen molar-refractivity contribution in [1.29, 1.82) is 0 Å². The predicted octanol–water partition coefficient (Wildman–Crippen LogP) is 3.00. The van der Waals surface area contributed by atoms with Crippen molar-refractivity contribution in [2.75, 3.05) is 57.3 Å². The summed E-state index contributed by atoms with van der Waals surface area (Å²) >= 11 is 0. The SMILES string of the molecule is Cc1nc(C(=O)NC2CCN(CCN3CCCC3)CC2)nc2ccc(N3CCCCCC3)nc12. The van der Waals surface area contributed by atoms with E-state index >= 15 is 0 Å². The number of hydrogen-bond donors (Lipinski definition) is 1. The highest BCUT2D eigenvalue weighted by Gasteiger charge is 2.23. The van der Waals surface area contributed by atoms with Crippen LogP contribution in [-0.2, 0) is 0 Å². The fraction of sp³-hybridized carbons (Fsp3) is 0.692. The molecular formula is C26H39N7O. The maximum absolute atomic E-state index is 13.0. The molecule has 0 unspecified atom stereocenters. The minimum atomic E-state index is -0.169. The Morgan fingerprint density at radius 3 is 2.21 bits per heavy atom. The summed E-state index contributed by atoms with van der Waals surface area (Å²) in [5.74, 6) is 1.08. The predicted molar refractivity (Wildman–Crippen MR) is 135 cm³/mol. The molecule has 8 heteroatoms. The maximum atomic E-state index is 13.0. The average molecular weight is 466 g/mol. The monoisotopic (exact) mass is 465 g/mol. The van der Waals surface area contributed by atoms with Gasteiger partial charge in [-0.3, -0.25) is 4.79 Å². The summed E-state index contributed by atoms with van der Waals surface area (Å²) in [5, 5.41) is 3.19. The highest BCUT2D eigenvalue weighted by molar-refractivity contribution is 5.93. The zero-order valence-electron chi connectivity index (χ0n) is 20.6. The Labute approximate surface area is 203 Å². The van der Waals surface area contributed by atoms with E-state index in [2.05, 4.69) is 30.0 Å². The van der Waals surface area contributed by atoms with E-state index in [0.29, 0.717) is 0 Å². The van der Waals surface area contributed by atoms with E-state index in [1.807, 2.05) is 19.1 Å². The molecule has 3 aliphatic rings. The third kappa shape index (κ3) is 5.66. The molecule has 5 rings (SSSR count). The quantitative estimate of drug-likeness (QED) is 0.703. The normalized spacial score (nSPS) is 21.1. The van der Waals surface area contributed by atoms with Gasteiger partial charge in [0.05, 0.1) is 11.2 Å². The van der Waals surface area contributed by atoms with Crippen LogP contribution in [0.1, 0.15) is 67.7 Å². The van der Waals surface area contributed by atoms with Gasteiger partial charge in [-0.05, 0) is 70.7 Å². The van der Waals surface area contributed by atoms with Crippen molar-refractivity contribution in [1.82, 2.24) is 30.1 Å². The molecule has 184 valence electrons. The molecule has 2 aromatic rings. The molecule has 2 aromatic heterocycles. The minimum absolute atomic E-state index is 0.169. The van der Waals surface area contributed by atoms with Crippen LogP contribution < -0.4 is 10.2 Å². The number of nitrogens with one attached hydrogen (secondary N) is 1. The lowest BCUT2D eigenvalue weighted by atomic mass is 10.0. The average Bonchev–Trinajstić information content (AvgIpc) is 3.23. The van der Waals surface area contributed by atoms with Crippen molar-refractivity contribution in [2.24, 2.45) is 0 Å². The van der Waals surface area contributed by atoms with E-state index in [1.165, 1.54) is 58.2 Å². The van der Waals surface area contributed by atoms with Crippen LogP contribution in [0.4, 0.5) is 5.82 Å². The van der Waals surface area contributed by atoms with Crippen molar-refractivity contribution < 1.29 is 4.79 Å². The molecule has 0 bridgehead atoms. The molecule has 0 atom stereocenters. The molecule has 0 spiro atoms. The van der Waals surface area contributed by atoms with Crippen molar-refractivity contribution in [3.8, 4) is 0 Å². The molecular weight excluding hydrogens is 426 g/mol. The molecule has 34 heavy (non-hydrogen) atoms. The lowest BCUT2D eigenvalue weighted by molar-refractivity contribution is 0.0897. The second-order valence-electron chi connectivity index (χ2n) is 10.2. The van der Waals surface area contributed by atoms with E-state index in [1.54, 1.807) is 0 Å². The van der Waals surface area contributed by atoms with Crippen LogP contribution in [-0.4, -0.2) is 89.1 Å². The van der Waals surface area contributed by atoms with Crippen molar-refractivity contribution in [2.45, 2.75) is 64.3 Å². The lowest BCUT2D eigenvalue weighted by Gasteiger charge is -2.33. The number of hydrogen-bond acceptors (Lipinski definition) is 7. The van der Waals surface area contributed by atoms with Crippen LogP contribution in [0.5, 0.6) is 0 Å². The Hall–Kier alpha value is -2.32. The first-order valence-corrected chi connectivity index (χ1v) is 13.3. The van der Waals surface area contributed by atoms with E-state index < -0.39 is 0 Å². The molecule has 1 amide bonds. The minimum Gasteiger partial charge on any atom is -0.357 e. The van der Waals surface area contributed by atoms with Crippen LogP contribution in [0.2, 0.25) is 0 Å². The van der Waals surface area contributed by atoms with E-state index in [9.17, 15) is 4.79 Å². The fourth-order valence-corrected chi connectivity index (χ4v) is 5.57. The highest BCUT2D eigenvalue weighted by Crippen LogP contribution is 2.22. The number of rotatable bonds is 6. The summed E-state index contributed by atoms with van der Waals surface area (Å²) in [6, 6.07) is 4.23. The molecule has 8 nitrogen and oxygen atoms in total. The Bertz CT molecular complexity index is 975. The Morgan fingerprint density at radius 1 is 0.853 bits per heavy atom. The van der Waals surface area contributed by atoms with Gasteiger partial charge in [0.15, 0.2) is 0 Å². The number of fused-ring (bicyclic) bond motifs is 1. The number of likely N-dealkylation sites (tertiary alicyclic amines) is 2. The Balaban J connectivity index is 1.17. The van der Waals surface area contributed by atoms with Gasteiger partial charge in [0.2, 0.25) is 5.82 Å². The highest BCUT2D eigenvalue weighted by atomic mass is 16.2. The molecule has 3 fully saturated rings. The van der Waals surface area contributed by atoms with Crippen LogP contribution in [0.25, 0.3) is 11.0 Å². The van der Waals surface area contributed by atoms with E-state index in [0.717, 1.165) is 68.1 Å². The topological polar surface area (TPSA) is 77.5 Å². The summed E-state index contributed by atoms with van der Waals surface area (Å²) in [5.41, 5.74) is 2.31. The van der Waals surface area contributed by atoms with Gasteiger partial charge in [-0.1, -0.05) is 12.8 Å². The fourth-order valence-electron chi connectivity index (χ4n) is 5.57. The van der Waals surface area contributed by atoms with E-state index in [-0.39, 0.29) is 17.8 Å². The number of carbonyl (C=O) groups is 1. The number of carbonyl (C=O) groups excluding carboxylic acids is 1. The summed E-state index contributed by atoms with van der Waals surface area (Å²) in [4.78, 5) is 34.4.